The lowest BCUT2D eigenvalue weighted by Gasteiger charge is -2.08. The highest BCUT2D eigenvalue weighted by Crippen LogP contribution is 2.14. The Morgan fingerprint density at radius 3 is 2.76 bits per heavy atom. The van der Waals surface area contributed by atoms with Gasteiger partial charge in [-0.05, 0) is 24.6 Å². The molecule has 0 saturated carbocycles. The number of methoxy groups -OCH3 is 1. The molecule has 0 fully saturated rings. The maximum atomic E-state index is 13.2. The van der Waals surface area contributed by atoms with Gasteiger partial charge in [0.15, 0.2) is 0 Å². The molecule has 0 saturated heterocycles. The van der Waals surface area contributed by atoms with Crippen LogP contribution in [0, 0.1) is 11.6 Å². The topological polar surface area (TPSA) is 30.5 Å². The number of hydrogen-bond donors (Lipinski definition) is 1. The van der Waals surface area contributed by atoms with Crippen LogP contribution in [0.2, 0.25) is 0 Å². The fourth-order valence-corrected chi connectivity index (χ4v) is 1.27. The van der Waals surface area contributed by atoms with Crippen molar-refractivity contribution in [2.75, 3.05) is 38.8 Å². The van der Waals surface area contributed by atoms with E-state index >= 15 is 0 Å². The van der Waals surface area contributed by atoms with Crippen molar-refractivity contribution in [3.8, 4) is 0 Å². The largest absolute Gasteiger partial charge is 0.383 e. The molecule has 0 unspecified atom stereocenters. The smallest absolute Gasteiger partial charge is 0.146 e. The third-order valence-electron chi connectivity index (χ3n) is 2.14. The van der Waals surface area contributed by atoms with E-state index < -0.39 is 11.6 Å². The number of hydrogen-bond acceptors (Lipinski definition) is 3. The molecule has 0 aromatic heterocycles. The van der Waals surface area contributed by atoms with Crippen molar-refractivity contribution in [1.29, 1.82) is 0 Å². The first-order valence-corrected chi connectivity index (χ1v) is 5.49. The quantitative estimate of drug-likeness (QED) is 0.713. The second kappa shape index (κ2) is 7.97. The van der Waals surface area contributed by atoms with E-state index in [-0.39, 0.29) is 5.69 Å². The first-order valence-electron chi connectivity index (χ1n) is 5.49. The van der Waals surface area contributed by atoms with Crippen molar-refractivity contribution < 1.29 is 18.3 Å². The molecule has 1 rings (SSSR count). The zero-order valence-corrected chi connectivity index (χ0v) is 9.84. The summed E-state index contributed by atoms with van der Waals surface area (Å²) in [5, 5.41) is 2.82. The Balaban J connectivity index is 2.15. The summed E-state index contributed by atoms with van der Waals surface area (Å²) >= 11 is 0. The summed E-state index contributed by atoms with van der Waals surface area (Å²) in [6.45, 7) is 2.21. The number of rotatable bonds is 8. The average molecular weight is 245 g/mol. The normalized spacial score (nSPS) is 10.5. The van der Waals surface area contributed by atoms with E-state index in [1.54, 1.807) is 7.11 Å². The SMILES string of the molecule is COCCOCCCNc1cc(F)ccc1F. The standard InChI is InChI=1S/C12H17F2NO2/c1-16-7-8-17-6-2-5-15-12-9-10(13)3-4-11(12)14/h3-4,9,15H,2,5-8H2,1H3. The lowest BCUT2D eigenvalue weighted by Crippen LogP contribution is -2.09. The first-order chi connectivity index (χ1) is 8.24. The van der Waals surface area contributed by atoms with Crippen molar-refractivity contribution in [2.45, 2.75) is 6.42 Å². The van der Waals surface area contributed by atoms with Crippen LogP contribution in [0.3, 0.4) is 0 Å². The molecule has 0 spiro atoms. The predicted octanol–water partition coefficient (Wildman–Crippen LogP) is 2.43. The third kappa shape index (κ3) is 5.60. The first kappa shape index (κ1) is 13.9. The van der Waals surface area contributed by atoms with Crippen molar-refractivity contribution >= 4 is 5.69 Å². The van der Waals surface area contributed by atoms with Crippen LogP contribution in [0.25, 0.3) is 0 Å². The van der Waals surface area contributed by atoms with E-state index in [0.29, 0.717) is 26.4 Å². The lowest BCUT2D eigenvalue weighted by atomic mass is 10.3. The molecule has 0 atom stereocenters. The minimum Gasteiger partial charge on any atom is -0.383 e. The Kier molecular flexibility index (Phi) is 6.50. The van der Waals surface area contributed by atoms with Gasteiger partial charge < -0.3 is 14.8 Å². The lowest BCUT2D eigenvalue weighted by molar-refractivity contribution is 0.0705. The molecule has 0 aliphatic rings. The van der Waals surface area contributed by atoms with E-state index in [2.05, 4.69) is 5.32 Å². The molecule has 0 aliphatic carbocycles. The molecule has 5 heteroatoms. The molecule has 0 heterocycles. The highest BCUT2D eigenvalue weighted by molar-refractivity contribution is 5.44. The molecule has 0 amide bonds. The van der Waals surface area contributed by atoms with E-state index in [0.717, 1.165) is 24.6 Å². The predicted molar refractivity (Wildman–Crippen MR) is 62.2 cm³/mol. The summed E-state index contributed by atoms with van der Waals surface area (Å²) in [5.41, 5.74) is 0.182. The van der Waals surface area contributed by atoms with Gasteiger partial charge in [0.05, 0.1) is 18.9 Å². The highest BCUT2D eigenvalue weighted by atomic mass is 19.1. The van der Waals surface area contributed by atoms with E-state index in [4.69, 9.17) is 9.47 Å². The number of halogens is 2. The molecule has 0 aliphatic heterocycles. The number of nitrogens with one attached hydrogen (secondary N) is 1. The molecule has 96 valence electrons. The second-order valence-electron chi connectivity index (χ2n) is 3.51. The fraction of sp³-hybridized carbons (Fsp3) is 0.500. The number of ether oxygens (including phenoxy) is 2. The van der Waals surface area contributed by atoms with Crippen LogP contribution in [0.4, 0.5) is 14.5 Å². The van der Waals surface area contributed by atoms with Gasteiger partial charge in [0.2, 0.25) is 0 Å². The molecule has 1 N–H and O–H groups in total. The van der Waals surface area contributed by atoms with Crippen LogP contribution in [0.1, 0.15) is 6.42 Å². The molecule has 17 heavy (non-hydrogen) atoms. The van der Waals surface area contributed by atoms with Gasteiger partial charge in [-0.2, -0.15) is 0 Å². The van der Waals surface area contributed by atoms with Crippen LogP contribution in [-0.4, -0.2) is 33.5 Å². The summed E-state index contributed by atoms with van der Waals surface area (Å²) in [6.07, 6.45) is 0.722. The van der Waals surface area contributed by atoms with Crippen molar-refractivity contribution in [3.63, 3.8) is 0 Å². The van der Waals surface area contributed by atoms with Crippen LogP contribution in [-0.2, 0) is 9.47 Å². The Hall–Kier alpha value is -1.20. The van der Waals surface area contributed by atoms with E-state index in [9.17, 15) is 8.78 Å². The monoisotopic (exact) mass is 245 g/mol. The van der Waals surface area contributed by atoms with Gasteiger partial charge in [0.25, 0.3) is 0 Å². The molecule has 3 nitrogen and oxygen atoms in total. The van der Waals surface area contributed by atoms with Crippen molar-refractivity contribution in [1.82, 2.24) is 0 Å². The zero-order valence-electron chi connectivity index (χ0n) is 9.84. The van der Waals surface area contributed by atoms with Crippen LogP contribution >= 0.6 is 0 Å². The van der Waals surface area contributed by atoms with Gasteiger partial charge in [-0.1, -0.05) is 0 Å². The number of anilines is 1. The maximum absolute atomic E-state index is 13.2. The minimum atomic E-state index is -0.453. The van der Waals surface area contributed by atoms with E-state index in [1.807, 2.05) is 0 Å². The zero-order chi connectivity index (χ0) is 12.5. The van der Waals surface area contributed by atoms with E-state index in [1.165, 1.54) is 0 Å². The molecule has 1 aromatic carbocycles. The average Bonchev–Trinajstić information content (AvgIpc) is 2.32. The third-order valence-corrected chi connectivity index (χ3v) is 2.14. The summed E-state index contributed by atoms with van der Waals surface area (Å²) in [5.74, 6) is -0.906. The Morgan fingerprint density at radius 1 is 1.18 bits per heavy atom. The van der Waals surface area contributed by atoms with Gasteiger partial charge in [-0.3, -0.25) is 0 Å². The van der Waals surface area contributed by atoms with Crippen LogP contribution in [0.5, 0.6) is 0 Å². The van der Waals surface area contributed by atoms with Gasteiger partial charge in [0, 0.05) is 20.3 Å². The summed E-state index contributed by atoms with van der Waals surface area (Å²) in [4.78, 5) is 0. The molecular formula is C12H17F2NO2. The maximum Gasteiger partial charge on any atom is 0.146 e. The summed E-state index contributed by atoms with van der Waals surface area (Å²) in [6, 6.07) is 3.34. The Labute approximate surface area is 99.7 Å². The molecular weight excluding hydrogens is 228 g/mol. The molecule has 0 radical (unpaired) electrons. The van der Waals surface area contributed by atoms with Crippen molar-refractivity contribution in [3.05, 3.63) is 29.8 Å². The molecule has 0 bridgehead atoms. The molecule has 1 aromatic rings. The van der Waals surface area contributed by atoms with Gasteiger partial charge in [-0.15, -0.1) is 0 Å². The summed E-state index contributed by atoms with van der Waals surface area (Å²) in [7, 11) is 1.61. The van der Waals surface area contributed by atoms with Gasteiger partial charge >= 0.3 is 0 Å². The Morgan fingerprint density at radius 2 is 2.00 bits per heavy atom. The fourth-order valence-electron chi connectivity index (χ4n) is 1.27. The van der Waals surface area contributed by atoms with Crippen molar-refractivity contribution in [2.24, 2.45) is 0 Å². The van der Waals surface area contributed by atoms with Crippen LogP contribution < -0.4 is 5.32 Å². The minimum absolute atomic E-state index is 0.182. The Bertz CT molecular complexity index is 334. The second-order valence-corrected chi connectivity index (χ2v) is 3.51. The number of benzene rings is 1. The summed E-state index contributed by atoms with van der Waals surface area (Å²) < 4.78 is 36.0. The van der Waals surface area contributed by atoms with Crippen LogP contribution in [0.15, 0.2) is 18.2 Å². The highest BCUT2D eigenvalue weighted by Gasteiger charge is 2.02. The van der Waals surface area contributed by atoms with Gasteiger partial charge in [-0.25, -0.2) is 8.78 Å². The van der Waals surface area contributed by atoms with Gasteiger partial charge in [0.1, 0.15) is 11.6 Å².